The van der Waals surface area contributed by atoms with Crippen molar-refractivity contribution in [2.75, 3.05) is 26.2 Å². The quantitative estimate of drug-likeness (QED) is 0.288. The van der Waals surface area contributed by atoms with Gasteiger partial charge in [-0.25, -0.2) is 4.99 Å². The number of hydrogen-bond acceptors (Lipinski definition) is 3. The highest BCUT2D eigenvalue weighted by molar-refractivity contribution is 14.0. The first-order chi connectivity index (χ1) is 13.9. The van der Waals surface area contributed by atoms with Crippen LogP contribution in [0.15, 0.2) is 29.3 Å². The van der Waals surface area contributed by atoms with Crippen molar-refractivity contribution in [1.29, 1.82) is 0 Å². The van der Waals surface area contributed by atoms with Gasteiger partial charge in [0.1, 0.15) is 5.75 Å². The Kier molecular flexibility index (Phi) is 12.1. The number of guanidine groups is 1. The van der Waals surface area contributed by atoms with Crippen molar-refractivity contribution in [3.05, 3.63) is 29.8 Å². The van der Waals surface area contributed by atoms with Gasteiger partial charge in [0, 0.05) is 37.2 Å². The van der Waals surface area contributed by atoms with Gasteiger partial charge in [-0.3, -0.25) is 4.79 Å². The second-order valence-corrected chi connectivity index (χ2v) is 8.40. The number of carbonyl (C=O) groups excluding carboxylic acids is 1. The molecule has 0 spiro atoms. The van der Waals surface area contributed by atoms with E-state index in [9.17, 15) is 4.79 Å². The van der Waals surface area contributed by atoms with Crippen molar-refractivity contribution in [2.45, 2.75) is 60.0 Å². The third-order valence-corrected chi connectivity index (χ3v) is 5.01. The van der Waals surface area contributed by atoms with E-state index in [1.807, 2.05) is 36.9 Å². The summed E-state index contributed by atoms with van der Waals surface area (Å²) in [6, 6.07) is 8.33. The van der Waals surface area contributed by atoms with Gasteiger partial charge in [0.05, 0.1) is 13.2 Å². The highest BCUT2D eigenvalue weighted by Gasteiger charge is 2.27. The number of nitrogens with zero attached hydrogens (tertiary/aromatic N) is 2. The molecule has 0 aliphatic carbocycles. The van der Waals surface area contributed by atoms with Crippen molar-refractivity contribution in [3.63, 3.8) is 0 Å². The molecule has 1 heterocycles. The molecule has 0 radical (unpaired) electrons. The third-order valence-electron chi connectivity index (χ3n) is 5.01. The van der Waals surface area contributed by atoms with Crippen LogP contribution < -0.4 is 15.4 Å². The molecular formula is C23H39IN4O2. The SMILES string of the molecule is CCNC(=NCc1ccccc1OCCC(C)C)NC1CCN(C(=O)C(C)C)C1.I. The van der Waals surface area contributed by atoms with E-state index in [0.29, 0.717) is 12.5 Å². The van der Waals surface area contributed by atoms with Crippen LogP contribution in [-0.4, -0.2) is 49.0 Å². The molecule has 1 atom stereocenters. The smallest absolute Gasteiger partial charge is 0.225 e. The highest BCUT2D eigenvalue weighted by atomic mass is 127. The Morgan fingerprint density at radius 1 is 1.27 bits per heavy atom. The van der Waals surface area contributed by atoms with E-state index in [2.05, 4.69) is 37.5 Å². The monoisotopic (exact) mass is 530 g/mol. The van der Waals surface area contributed by atoms with E-state index in [1.165, 1.54) is 0 Å². The minimum absolute atomic E-state index is 0. The Morgan fingerprint density at radius 3 is 2.67 bits per heavy atom. The molecule has 1 saturated heterocycles. The van der Waals surface area contributed by atoms with E-state index in [1.54, 1.807) is 0 Å². The lowest BCUT2D eigenvalue weighted by Crippen LogP contribution is -2.45. The molecular weight excluding hydrogens is 491 g/mol. The normalized spacial score (nSPS) is 16.6. The van der Waals surface area contributed by atoms with Gasteiger partial charge in [-0.1, -0.05) is 45.9 Å². The fourth-order valence-electron chi connectivity index (χ4n) is 3.30. The lowest BCUT2D eigenvalue weighted by atomic mass is 10.1. The second kappa shape index (κ2) is 13.7. The van der Waals surface area contributed by atoms with E-state index < -0.39 is 0 Å². The molecule has 1 aliphatic heterocycles. The minimum Gasteiger partial charge on any atom is -0.493 e. The molecule has 2 rings (SSSR count). The minimum atomic E-state index is 0. The number of hydrogen-bond donors (Lipinski definition) is 2. The highest BCUT2D eigenvalue weighted by Crippen LogP contribution is 2.20. The zero-order chi connectivity index (χ0) is 21.2. The summed E-state index contributed by atoms with van der Waals surface area (Å²) in [4.78, 5) is 18.9. The van der Waals surface area contributed by atoms with Crippen LogP contribution in [0.5, 0.6) is 5.75 Å². The van der Waals surface area contributed by atoms with Crippen LogP contribution in [0, 0.1) is 11.8 Å². The van der Waals surface area contributed by atoms with Crippen LogP contribution in [0.4, 0.5) is 0 Å². The van der Waals surface area contributed by atoms with Crippen molar-refractivity contribution in [2.24, 2.45) is 16.8 Å². The van der Waals surface area contributed by atoms with E-state index in [4.69, 9.17) is 9.73 Å². The summed E-state index contributed by atoms with van der Waals surface area (Å²) in [6.45, 7) is 14.0. The van der Waals surface area contributed by atoms with Gasteiger partial charge in [0.15, 0.2) is 5.96 Å². The summed E-state index contributed by atoms with van der Waals surface area (Å²) in [5.74, 6) is 2.58. The number of amides is 1. The topological polar surface area (TPSA) is 66.0 Å². The number of benzene rings is 1. The Morgan fingerprint density at radius 2 is 2.00 bits per heavy atom. The number of ether oxygens (including phenoxy) is 1. The third kappa shape index (κ3) is 8.70. The zero-order valence-corrected chi connectivity index (χ0v) is 21.4. The van der Waals surface area contributed by atoms with Crippen LogP contribution in [0.25, 0.3) is 0 Å². The molecule has 0 saturated carbocycles. The van der Waals surface area contributed by atoms with Gasteiger partial charge in [-0.2, -0.15) is 0 Å². The molecule has 6 nitrogen and oxygen atoms in total. The molecule has 30 heavy (non-hydrogen) atoms. The van der Waals surface area contributed by atoms with Crippen molar-refractivity contribution in [3.8, 4) is 5.75 Å². The summed E-state index contributed by atoms with van der Waals surface area (Å²) >= 11 is 0. The van der Waals surface area contributed by atoms with Gasteiger partial charge < -0.3 is 20.3 Å². The molecule has 1 fully saturated rings. The summed E-state index contributed by atoms with van der Waals surface area (Å²) in [6.07, 6.45) is 1.98. The summed E-state index contributed by atoms with van der Waals surface area (Å²) in [5, 5.41) is 6.81. The molecule has 1 aliphatic rings. The number of rotatable bonds is 9. The van der Waals surface area contributed by atoms with Crippen LogP contribution in [0.2, 0.25) is 0 Å². The number of aliphatic imine (C=N–C) groups is 1. The average Bonchev–Trinajstić information content (AvgIpc) is 3.14. The molecule has 1 aromatic carbocycles. The lowest BCUT2D eigenvalue weighted by Gasteiger charge is -2.20. The van der Waals surface area contributed by atoms with Gasteiger partial charge in [0.2, 0.25) is 5.91 Å². The van der Waals surface area contributed by atoms with E-state index in [-0.39, 0.29) is 41.8 Å². The molecule has 1 amide bonds. The Hall–Kier alpha value is -1.51. The lowest BCUT2D eigenvalue weighted by molar-refractivity contribution is -0.133. The number of nitrogens with one attached hydrogen (secondary N) is 2. The maximum absolute atomic E-state index is 12.2. The van der Waals surface area contributed by atoms with E-state index >= 15 is 0 Å². The predicted molar refractivity (Wildman–Crippen MR) is 135 cm³/mol. The van der Waals surface area contributed by atoms with Crippen molar-refractivity contribution >= 4 is 35.8 Å². The first-order valence-corrected chi connectivity index (χ1v) is 10.9. The number of likely N-dealkylation sites (tertiary alicyclic amines) is 1. The van der Waals surface area contributed by atoms with Gasteiger partial charge in [-0.15, -0.1) is 24.0 Å². The fourth-order valence-corrected chi connectivity index (χ4v) is 3.30. The Bertz CT molecular complexity index is 679. The van der Waals surface area contributed by atoms with Gasteiger partial charge in [0.25, 0.3) is 0 Å². The first kappa shape index (κ1) is 26.5. The van der Waals surface area contributed by atoms with Crippen LogP contribution in [-0.2, 0) is 11.3 Å². The van der Waals surface area contributed by atoms with Crippen molar-refractivity contribution in [1.82, 2.24) is 15.5 Å². The molecule has 2 N–H and O–H groups in total. The number of para-hydroxylation sites is 1. The van der Waals surface area contributed by atoms with Crippen LogP contribution >= 0.6 is 24.0 Å². The van der Waals surface area contributed by atoms with Gasteiger partial charge >= 0.3 is 0 Å². The zero-order valence-electron chi connectivity index (χ0n) is 19.1. The summed E-state index contributed by atoms with van der Waals surface area (Å²) in [7, 11) is 0. The van der Waals surface area contributed by atoms with Crippen LogP contribution in [0.1, 0.15) is 53.0 Å². The fraction of sp³-hybridized carbons (Fsp3) is 0.652. The standard InChI is InChI=1S/C23H38N4O2.HI/c1-6-24-23(26-20-11-13-27(16-20)22(28)18(4)5)25-15-19-9-7-8-10-21(19)29-14-12-17(2)3;/h7-10,17-18,20H,6,11-16H2,1-5H3,(H2,24,25,26);1H. The Labute approximate surface area is 199 Å². The molecule has 1 unspecified atom stereocenters. The molecule has 1 aromatic rings. The van der Waals surface area contributed by atoms with Crippen LogP contribution in [0.3, 0.4) is 0 Å². The summed E-state index contributed by atoms with van der Waals surface area (Å²) in [5.41, 5.74) is 1.08. The maximum Gasteiger partial charge on any atom is 0.225 e. The largest absolute Gasteiger partial charge is 0.493 e. The van der Waals surface area contributed by atoms with Gasteiger partial charge in [-0.05, 0) is 31.7 Å². The number of halogens is 1. The average molecular weight is 530 g/mol. The molecule has 7 heteroatoms. The van der Waals surface area contributed by atoms with Crippen molar-refractivity contribution < 1.29 is 9.53 Å². The van der Waals surface area contributed by atoms with E-state index in [0.717, 1.165) is 56.4 Å². The molecule has 0 aromatic heterocycles. The molecule has 170 valence electrons. The predicted octanol–water partition coefficient (Wildman–Crippen LogP) is 4.04. The first-order valence-electron chi connectivity index (χ1n) is 10.9. The Balaban J connectivity index is 0.00000450. The molecule has 0 bridgehead atoms. The summed E-state index contributed by atoms with van der Waals surface area (Å²) < 4.78 is 5.98. The second-order valence-electron chi connectivity index (χ2n) is 8.40. The number of carbonyl (C=O) groups is 1. The maximum atomic E-state index is 12.2.